The van der Waals surface area contributed by atoms with Crippen LogP contribution in [0.25, 0.3) is 0 Å². The Hall–Kier alpha value is -3.12. The van der Waals surface area contributed by atoms with Crippen molar-refractivity contribution in [1.82, 2.24) is 5.43 Å². The Labute approximate surface area is 195 Å². The van der Waals surface area contributed by atoms with Crippen molar-refractivity contribution in [1.29, 1.82) is 5.26 Å². The quantitative estimate of drug-likeness (QED) is 0.441. The molecule has 0 radical (unpaired) electrons. The number of amidine groups is 1. The van der Waals surface area contributed by atoms with E-state index in [0.717, 1.165) is 18.2 Å². The van der Waals surface area contributed by atoms with Crippen LogP contribution in [0, 0.1) is 11.3 Å². The van der Waals surface area contributed by atoms with E-state index < -0.39 is 11.7 Å². The van der Waals surface area contributed by atoms with Crippen molar-refractivity contribution < 1.29 is 13.2 Å². The second kappa shape index (κ2) is 8.43. The average molecular weight is 497 g/mol. The second-order valence-corrected chi connectivity index (χ2v) is 7.86. The standard InChI is InChI=1S/C21H11Cl3F3N5/c22-15-3-1-2-13(9-15)20-29-31(18-7-4-12(11-28)8-17(18)24)32(30-20)19-10-14(21(25,26)27)5-6-16(19)23/h1-10H,(H,29,30). The number of hydrogen-bond acceptors (Lipinski definition) is 5. The third-order valence-corrected chi connectivity index (χ3v) is 5.35. The summed E-state index contributed by atoms with van der Waals surface area (Å²) in [4.78, 5) is 0. The molecule has 11 heteroatoms. The van der Waals surface area contributed by atoms with Crippen LogP contribution in [0.3, 0.4) is 0 Å². The number of alkyl halides is 3. The molecule has 1 aliphatic heterocycles. The Morgan fingerprint density at radius 2 is 1.69 bits per heavy atom. The third-order valence-electron chi connectivity index (χ3n) is 4.49. The summed E-state index contributed by atoms with van der Waals surface area (Å²) in [5, 5.41) is 16.7. The fraction of sp³-hybridized carbons (Fsp3) is 0.0476. The highest BCUT2D eigenvalue weighted by Gasteiger charge is 2.34. The molecule has 0 unspecified atom stereocenters. The van der Waals surface area contributed by atoms with Crippen LogP contribution >= 0.6 is 34.8 Å². The zero-order valence-electron chi connectivity index (χ0n) is 15.8. The Balaban J connectivity index is 1.86. The number of hydrogen-bond donors (Lipinski definition) is 1. The van der Waals surface area contributed by atoms with Crippen molar-refractivity contribution in [2.24, 2.45) is 5.10 Å². The van der Waals surface area contributed by atoms with E-state index in [4.69, 9.17) is 40.1 Å². The molecule has 1 aliphatic rings. The molecular weight excluding hydrogens is 486 g/mol. The van der Waals surface area contributed by atoms with Crippen LogP contribution in [0.15, 0.2) is 65.8 Å². The van der Waals surface area contributed by atoms with E-state index >= 15 is 0 Å². The average Bonchev–Trinajstić information content (AvgIpc) is 3.18. The summed E-state index contributed by atoms with van der Waals surface area (Å²) in [6.45, 7) is 0. The number of nitriles is 1. The molecule has 1 heterocycles. The number of halogens is 6. The first-order chi connectivity index (χ1) is 15.2. The number of hydrazone groups is 1. The van der Waals surface area contributed by atoms with Crippen molar-refractivity contribution in [3.8, 4) is 6.07 Å². The molecule has 5 nitrogen and oxygen atoms in total. The fourth-order valence-corrected chi connectivity index (χ4v) is 3.63. The first-order valence-corrected chi connectivity index (χ1v) is 10.1. The van der Waals surface area contributed by atoms with E-state index in [0.29, 0.717) is 27.7 Å². The normalized spacial score (nSPS) is 13.6. The van der Waals surface area contributed by atoms with Gasteiger partial charge in [-0.05, 0) is 48.5 Å². The second-order valence-electron chi connectivity index (χ2n) is 6.61. The summed E-state index contributed by atoms with van der Waals surface area (Å²) in [5.74, 6) is 0.293. The molecule has 0 fully saturated rings. The van der Waals surface area contributed by atoms with Crippen LogP contribution in [-0.2, 0) is 6.18 Å². The summed E-state index contributed by atoms with van der Waals surface area (Å²) in [6.07, 6.45) is -4.58. The van der Waals surface area contributed by atoms with Gasteiger partial charge in [0.15, 0.2) is 5.84 Å². The van der Waals surface area contributed by atoms with Crippen LogP contribution in [0.1, 0.15) is 16.7 Å². The molecule has 3 aromatic carbocycles. The topological polar surface area (TPSA) is 54.7 Å². The number of benzene rings is 3. The molecule has 0 atom stereocenters. The minimum absolute atomic E-state index is 0.0330. The monoisotopic (exact) mass is 495 g/mol. The molecule has 0 aliphatic carbocycles. The largest absolute Gasteiger partial charge is 0.416 e. The van der Waals surface area contributed by atoms with Crippen LogP contribution in [0.4, 0.5) is 24.5 Å². The highest BCUT2D eigenvalue weighted by molar-refractivity contribution is 6.34. The summed E-state index contributed by atoms with van der Waals surface area (Å²) in [6, 6.07) is 16.1. The summed E-state index contributed by atoms with van der Waals surface area (Å²) >= 11 is 18.7. The van der Waals surface area contributed by atoms with Crippen molar-refractivity contribution in [3.63, 3.8) is 0 Å². The molecule has 0 aromatic heterocycles. The molecule has 0 saturated carbocycles. The van der Waals surface area contributed by atoms with Gasteiger partial charge < -0.3 is 0 Å². The van der Waals surface area contributed by atoms with Crippen LogP contribution in [0.2, 0.25) is 15.1 Å². The predicted molar refractivity (Wildman–Crippen MR) is 119 cm³/mol. The molecular formula is C21H11Cl3F3N5. The highest BCUT2D eigenvalue weighted by Crippen LogP contribution is 2.39. The number of nitrogens with zero attached hydrogens (tertiary/aromatic N) is 4. The first-order valence-electron chi connectivity index (χ1n) is 8.95. The van der Waals surface area contributed by atoms with E-state index in [1.807, 2.05) is 6.07 Å². The Morgan fingerprint density at radius 1 is 0.906 bits per heavy atom. The Morgan fingerprint density at radius 3 is 2.34 bits per heavy atom. The lowest BCUT2D eigenvalue weighted by Gasteiger charge is -2.29. The molecule has 0 bridgehead atoms. The Kier molecular flexibility index (Phi) is 5.82. The van der Waals surface area contributed by atoms with Gasteiger partial charge in [-0.25, -0.2) is 0 Å². The molecule has 4 rings (SSSR count). The predicted octanol–water partition coefficient (Wildman–Crippen LogP) is 6.65. The Bertz CT molecular complexity index is 1270. The number of hydrazine groups is 2. The van der Waals surface area contributed by atoms with Gasteiger partial charge in [-0.3, -0.25) is 5.43 Å². The van der Waals surface area contributed by atoms with Crippen molar-refractivity contribution >= 4 is 52.0 Å². The van der Waals surface area contributed by atoms with Gasteiger partial charge >= 0.3 is 6.18 Å². The van der Waals surface area contributed by atoms with Crippen molar-refractivity contribution in [2.75, 3.05) is 10.2 Å². The van der Waals surface area contributed by atoms with E-state index in [1.54, 1.807) is 30.3 Å². The number of rotatable bonds is 3. The van der Waals surface area contributed by atoms with Crippen LogP contribution < -0.4 is 15.7 Å². The maximum atomic E-state index is 13.3. The molecule has 32 heavy (non-hydrogen) atoms. The lowest BCUT2D eigenvalue weighted by atomic mass is 10.2. The van der Waals surface area contributed by atoms with E-state index in [2.05, 4.69) is 10.5 Å². The van der Waals surface area contributed by atoms with Crippen LogP contribution in [0.5, 0.6) is 0 Å². The fourth-order valence-electron chi connectivity index (χ4n) is 2.98. The van der Waals surface area contributed by atoms with E-state index in [9.17, 15) is 13.2 Å². The maximum Gasteiger partial charge on any atom is 0.416 e. The third kappa shape index (κ3) is 4.28. The zero-order valence-corrected chi connectivity index (χ0v) is 18.1. The smallest absolute Gasteiger partial charge is 0.259 e. The molecule has 162 valence electrons. The SMILES string of the molecule is N#Cc1ccc(N2NC(c3cccc(Cl)c3)=NN2c2cc(C(F)(F)F)ccc2Cl)c(Cl)c1. The van der Waals surface area contributed by atoms with Gasteiger partial charge in [0.25, 0.3) is 0 Å². The maximum absolute atomic E-state index is 13.3. The molecule has 0 saturated heterocycles. The zero-order chi connectivity index (χ0) is 23.0. The minimum atomic E-state index is -4.58. The van der Waals surface area contributed by atoms with Gasteiger partial charge in [-0.2, -0.15) is 23.6 Å². The first kappa shape index (κ1) is 22.1. The highest BCUT2D eigenvalue weighted by atomic mass is 35.5. The minimum Gasteiger partial charge on any atom is -0.259 e. The lowest BCUT2D eigenvalue weighted by molar-refractivity contribution is -0.137. The van der Waals surface area contributed by atoms with Gasteiger partial charge in [-0.15, -0.1) is 10.2 Å². The van der Waals surface area contributed by atoms with Gasteiger partial charge in [0.05, 0.1) is 27.2 Å². The summed E-state index contributed by atoms with van der Waals surface area (Å²) in [5.41, 5.74) is 3.31. The summed E-state index contributed by atoms with van der Waals surface area (Å²) in [7, 11) is 0. The molecule has 1 N–H and O–H groups in total. The van der Waals surface area contributed by atoms with Gasteiger partial charge in [0.1, 0.15) is 11.4 Å². The van der Waals surface area contributed by atoms with Crippen molar-refractivity contribution in [3.05, 3.63) is 92.4 Å². The number of nitrogens with one attached hydrogen (secondary N) is 1. The summed E-state index contributed by atoms with van der Waals surface area (Å²) < 4.78 is 40.0. The molecule has 0 amide bonds. The van der Waals surface area contributed by atoms with Gasteiger partial charge in [-0.1, -0.05) is 46.9 Å². The molecule has 3 aromatic rings. The van der Waals surface area contributed by atoms with E-state index in [-0.39, 0.29) is 15.7 Å². The molecule has 0 spiro atoms. The van der Waals surface area contributed by atoms with Crippen LogP contribution in [-0.4, -0.2) is 5.84 Å². The van der Waals surface area contributed by atoms with E-state index in [1.165, 1.54) is 22.4 Å². The number of anilines is 2. The van der Waals surface area contributed by atoms with Crippen molar-refractivity contribution in [2.45, 2.75) is 6.18 Å². The van der Waals surface area contributed by atoms with Gasteiger partial charge in [0.2, 0.25) is 0 Å². The lowest BCUT2D eigenvalue weighted by Crippen LogP contribution is -2.45. The van der Waals surface area contributed by atoms with Gasteiger partial charge in [0, 0.05) is 10.6 Å².